The van der Waals surface area contributed by atoms with E-state index in [9.17, 15) is 14.4 Å². The number of esters is 3. The van der Waals surface area contributed by atoms with Crippen molar-refractivity contribution in [1.82, 2.24) is 0 Å². The summed E-state index contributed by atoms with van der Waals surface area (Å²) in [5.74, 6) is -1.04. The molecule has 0 fully saturated rings. The van der Waals surface area contributed by atoms with Gasteiger partial charge in [-0.3, -0.25) is 14.4 Å². The fraction of sp³-hybridized carbons (Fsp3) is 0.773. The molecule has 0 spiro atoms. The van der Waals surface area contributed by atoms with E-state index in [1.54, 1.807) is 6.08 Å². The summed E-state index contributed by atoms with van der Waals surface area (Å²) in [6.45, 7) is 6.47. The molecule has 0 aliphatic rings. The van der Waals surface area contributed by atoms with Gasteiger partial charge in [0, 0.05) is 12.8 Å². The van der Waals surface area contributed by atoms with Crippen molar-refractivity contribution in [1.29, 1.82) is 0 Å². The van der Waals surface area contributed by atoms with E-state index in [0.29, 0.717) is 12.8 Å². The molecule has 416 valence electrons. The van der Waals surface area contributed by atoms with Gasteiger partial charge in [-0.1, -0.05) is 293 Å². The molecular formula is C66H116O6. The lowest BCUT2D eigenvalue weighted by molar-refractivity contribution is -0.166. The zero-order valence-corrected chi connectivity index (χ0v) is 47.7. The maximum absolute atomic E-state index is 12.8. The Hall–Kier alpha value is -3.15. The van der Waals surface area contributed by atoms with Gasteiger partial charge in [0.25, 0.3) is 0 Å². The molecule has 1 atom stereocenters. The van der Waals surface area contributed by atoms with Crippen molar-refractivity contribution in [3.05, 3.63) is 72.9 Å². The van der Waals surface area contributed by atoms with Crippen LogP contribution in [-0.2, 0) is 28.6 Å². The van der Waals surface area contributed by atoms with E-state index in [1.165, 1.54) is 186 Å². The third-order valence-electron chi connectivity index (χ3n) is 13.5. The molecule has 0 aromatic heterocycles. The second-order valence-electron chi connectivity index (χ2n) is 20.6. The lowest BCUT2D eigenvalue weighted by atomic mass is 10.0. The Bertz CT molecular complexity index is 1340. The molecular weight excluding hydrogens is 889 g/mol. The summed E-state index contributed by atoms with van der Waals surface area (Å²) < 4.78 is 16.8. The minimum absolute atomic E-state index is 0.0976. The van der Waals surface area contributed by atoms with Crippen LogP contribution in [0.1, 0.15) is 310 Å². The molecule has 0 radical (unpaired) electrons. The zero-order chi connectivity index (χ0) is 52.2. The van der Waals surface area contributed by atoms with Gasteiger partial charge in [0.2, 0.25) is 0 Å². The normalized spacial score (nSPS) is 12.5. The molecule has 0 heterocycles. The number of carbonyl (C=O) groups is 3. The Morgan fingerprint density at radius 1 is 0.306 bits per heavy atom. The Morgan fingerprint density at radius 3 is 0.903 bits per heavy atom. The van der Waals surface area contributed by atoms with Crippen molar-refractivity contribution in [3.8, 4) is 0 Å². The standard InChI is InChI=1S/C66H116O6/c1-4-7-10-13-16-19-22-25-28-29-30-31-32-33-34-35-36-39-41-44-47-50-53-56-59-65(68)71-62-63(72-66(69)60-57-54-51-48-45-42-38-27-24-21-18-15-12-9-6-3)61-70-64(67)58-55-52-49-46-43-40-37-26-23-20-17-14-11-8-5-2/h9,12,18,21,26-27,37-38,45,48,54,57,63H,4-8,10-11,13-17,19-20,22-25,28-36,39-44,46-47,49-53,55-56,58-62H2,1-3H3/b12-9-,21-18-,37-26-,38-27-,48-45-,57-54-. The molecule has 72 heavy (non-hydrogen) atoms. The molecule has 0 N–H and O–H groups in total. The fourth-order valence-corrected chi connectivity index (χ4v) is 8.87. The second kappa shape index (κ2) is 60.4. The van der Waals surface area contributed by atoms with Gasteiger partial charge in [-0.2, -0.15) is 0 Å². The van der Waals surface area contributed by atoms with E-state index < -0.39 is 12.1 Å². The number of rotatable bonds is 56. The van der Waals surface area contributed by atoms with Gasteiger partial charge in [0.1, 0.15) is 13.2 Å². The predicted molar refractivity (Wildman–Crippen MR) is 311 cm³/mol. The van der Waals surface area contributed by atoms with E-state index in [0.717, 1.165) is 83.5 Å². The molecule has 6 heteroatoms. The third-order valence-corrected chi connectivity index (χ3v) is 13.5. The van der Waals surface area contributed by atoms with Crippen molar-refractivity contribution < 1.29 is 28.6 Å². The molecule has 0 saturated carbocycles. The van der Waals surface area contributed by atoms with Crippen LogP contribution in [0.25, 0.3) is 0 Å². The van der Waals surface area contributed by atoms with Gasteiger partial charge >= 0.3 is 17.9 Å². The van der Waals surface area contributed by atoms with Crippen molar-refractivity contribution >= 4 is 17.9 Å². The Morgan fingerprint density at radius 2 is 0.583 bits per heavy atom. The van der Waals surface area contributed by atoms with Gasteiger partial charge in [-0.25, -0.2) is 0 Å². The summed E-state index contributed by atoms with van der Waals surface area (Å²) in [7, 11) is 0. The number of ether oxygens (including phenoxy) is 3. The Balaban J connectivity index is 4.35. The van der Waals surface area contributed by atoms with Crippen molar-refractivity contribution in [2.75, 3.05) is 13.2 Å². The Labute approximate surface area is 446 Å². The SMILES string of the molecule is CC/C=C\C/C=C\C/C=C\C/C=C\C/C=C\CC(=O)OC(COC(=O)CCCCCCC/C=C\CCCCCCCC)COC(=O)CCCCCCCCCCCCCCCCCCCCCCCCCC. The van der Waals surface area contributed by atoms with Gasteiger partial charge in [-0.05, 0) is 70.6 Å². The predicted octanol–water partition coefficient (Wildman–Crippen LogP) is 20.9. The number of allylic oxidation sites excluding steroid dienone is 11. The summed E-state index contributed by atoms with van der Waals surface area (Å²) in [4.78, 5) is 38.1. The van der Waals surface area contributed by atoms with Gasteiger partial charge in [0.05, 0.1) is 6.42 Å². The van der Waals surface area contributed by atoms with Crippen LogP contribution < -0.4 is 0 Å². The maximum atomic E-state index is 12.8. The van der Waals surface area contributed by atoms with E-state index >= 15 is 0 Å². The summed E-state index contributed by atoms with van der Waals surface area (Å²) >= 11 is 0. The van der Waals surface area contributed by atoms with Crippen molar-refractivity contribution in [2.24, 2.45) is 0 Å². The summed E-state index contributed by atoms with van der Waals surface area (Å²) in [5.41, 5.74) is 0. The van der Waals surface area contributed by atoms with Gasteiger partial charge in [0.15, 0.2) is 6.10 Å². The van der Waals surface area contributed by atoms with Gasteiger partial charge < -0.3 is 14.2 Å². The zero-order valence-electron chi connectivity index (χ0n) is 47.7. The summed E-state index contributed by atoms with van der Waals surface area (Å²) in [6, 6.07) is 0. The van der Waals surface area contributed by atoms with Gasteiger partial charge in [-0.15, -0.1) is 0 Å². The summed E-state index contributed by atoms with van der Waals surface area (Å²) in [5, 5.41) is 0. The van der Waals surface area contributed by atoms with Crippen LogP contribution in [-0.4, -0.2) is 37.2 Å². The van der Waals surface area contributed by atoms with Crippen LogP contribution in [0.15, 0.2) is 72.9 Å². The maximum Gasteiger partial charge on any atom is 0.310 e. The van der Waals surface area contributed by atoms with E-state index in [1.807, 2.05) is 6.08 Å². The number of unbranched alkanes of at least 4 members (excludes halogenated alkanes) is 34. The first-order valence-corrected chi connectivity index (χ1v) is 30.9. The highest BCUT2D eigenvalue weighted by Crippen LogP contribution is 2.17. The lowest BCUT2D eigenvalue weighted by Gasteiger charge is -2.18. The molecule has 0 amide bonds. The first-order chi connectivity index (χ1) is 35.5. The van der Waals surface area contributed by atoms with Crippen LogP contribution >= 0.6 is 0 Å². The van der Waals surface area contributed by atoms with Crippen molar-refractivity contribution in [2.45, 2.75) is 316 Å². The van der Waals surface area contributed by atoms with E-state index in [2.05, 4.69) is 81.5 Å². The van der Waals surface area contributed by atoms with E-state index in [4.69, 9.17) is 14.2 Å². The fourth-order valence-electron chi connectivity index (χ4n) is 8.87. The quantitative estimate of drug-likeness (QED) is 0.0261. The molecule has 0 saturated heterocycles. The molecule has 0 bridgehead atoms. The highest BCUT2D eigenvalue weighted by Gasteiger charge is 2.19. The van der Waals surface area contributed by atoms with Crippen LogP contribution in [0.5, 0.6) is 0 Å². The first kappa shape index (κ1) is 68.8. The third kappa shape index (κ3) is 57.7. The van der Waals surface area contributed by atoms with Crippen molar-refractivity contribution in [3.63, 3.8) is 0 Å². The molecule has 0 aliphatic heterocycles. The van der Waals surface area contributed by atoms with Crippen LogP contribution in [0.4, 0.5) is 0 Å². The molecule has 0 aromatic carbocycles. The second-order valence-corrected chi connectivity index (χ2v) is 20.6. The minimum atomic E-state index is -0.832. The van der Waals surface area contributed by atoms with E-state index in [-0.39, 0.29) is 31.6 Å². The van der Waals surface area contributed by atoms with Crippen LogP contribution in [0.3, 0.4) is 0 Å². The highest BCUT2D eigenvalue weighted by atomic mass is 16.6. The molecule has 0 aromatic rings. The number of hydrogen-bond donors (Lipinski definition) is 0. The largest absolute Gasteiger partial charge is 0.462 e. The lowest BCUT2D eigenvalue weighted by Crippen LogP contribution is -2.30. The first-order valence-electron chi connectivity index (χ1n) is 30.9. The average molecular weight is 1010 g/mol. The minimum Gasteiger partial charge on any atom is -0.462 e. The molecule has 6 nitrogen and oxygen atoms in total. The molecule has 0 rings (SSSR count). The number of carbonyl (C=O) groups excluding carboxylic acids is 3. The Kier molecular flexibility index (Phi) is 57.8. The summed E-state index contributed by atoms with van der Waals surface area (Å²) in [6.07, 6.45) is 78.0. The highest BCUT2D eigenvalue weighted by molar-refractivity contribution is 5.72. The number of hydrogen-bond acceptors (Lipinski definition) is 6. The van der Waals surface area contributed by atoms with Crippen LogP contribution in [0.2, 0.25) is 0 Å². The topological polar surface area (TPSA) is 78.9 Å². The molecule has 0 aliphatic carbocycles. The monoisotopic (exact) mass is 1000 g/mol. The van der Waals surface area contributed by atoms with Crippen LogP contribution in [0, 0.1) is 0 Å². The average Bonchev–Trinajstić information content (AvgIpc) is 3.38. The smallest absolute Gasteiger partial charge is 0.310 e. The molecule has 1 unspecified atom stereocenters.